The van der Waals surface area contributed by atoms with E-state index in [9.17, 15) is 4.39 Å². The molecular weight excluding hydrogens is 305 g/mol. The molecule has 2 aromatic rings. The second kappa shape index (κ2) is 6.83. The van der Waals surface area contributed by atoms with E-state index >= 15 is 0 Å². The number of rotatable bonds is 5. The van der Waals surface area contributed by atoms with Gasteiger partial charge in [0.1, 0.15) is 5.82 Å². The van der Waals surface area contributed by atoms with Crippen molar-refractivity contribution < 1.29 is 4.39 Å². The summed E-state index contributed by atoms with van der Waals surface area (Å²) in [6.45, 7) is 2.81. The van der Waals surface area contributed by atoms with Crippen molar-refractivity contribution >= 4 is 15.9 Å². The zero-order valence-electron chi connectivity index (χ0n) is 10.9. The van der Waals surface area contributed by atoms with Crippen molar-refractivity contribution in [1.82, 2.24) is 5.32 Å². The third-order valence-corrected chi connectivity index (χ3v) is 3.42. The molecule has 0 aliphatic rings. The van der Waals surface area contributed by atoms with Gasteiger partial charge in [-0.1, -0.05) is 46.3 Å². The number of nitrogens with one attached hydrogen (secondary N) is 1. The summed E-state index contributed by atoms with van der Waals surface area (Å²) in [5.41, 5.74) is 2.26. The molecular formula is C16H17BrFN. The summed E-state index contributed by atoms with van der Waals surface area (Å²) >= 11 is 3.31. The van der Waals surface area contributed by atoms with Gasteiger partial charge >= 0.3 is 0 Å². The molecule has 0 aliphatic carbocycles. The molecule has 2 aromatic carbocycles. The van der Waals surface area contributed by atoms with E-state index in [1.807, 2.05) is 24.3 Å². The quantitative estimate of drug-likeness (QED) is 0.865. The SMILES string of the molecule is CC(Cc1ccccc1)NCc1cc(F)cc(Br)c1. The summed E-state index contributed by atoms with van der Waals surface area (Å²) < 4.78 is 14.0. The van der Waals surface area contributed by atoms with Crippen molar-refractivity contribution in [3.05, 3.63) is 69.9 Å². The van der Waals surface area contributed by atoms with Crippen LogP contribution in [0, 0.1) is 5.82 Å². The monoisotopic (exact) mass is 321 g/mol. The van der Waals surface area contributed by atoms with Gasteiger partial charge in [0, 0.05) is 17.1 Å². The number of halogens is 2. The summed E-state index contributed by atoms with van der Waals surface area (Å²) in [6.07, 6.45) is 0.970. The summed E-state index contributed by atoms with van der Waals surface area (Å²) in [4.78, 5) is 0. The van der Waals surface area contributed by atoms with Crippen LogP contribution in [-0.2, 0) is 13.0 Å². The molecule has 0 spiro atoms. The fraction of sp³-hybridized carbons (Fsp3) is 0.250. The first-order valence-corrected chi connectivity index (χ1v) is 7.15. The first-order valence-electron chi connectivity index (χ1n) is 6.36. The molecule has 0 saturated carbocycles. The lowest BCUT2D eigenvalue weighted by Gasteiger charge is -2.14. The lowest BCUT2D eigenvalue weighted by atomic mass is 10.1. The van der Waals surface area contributed by atoms with Gasteiger partial charge in [0.15, 0.2) is 0 Å². The van der Waals surface area contributed by atoms with Gasteiger partial charge in [-0.05, 0) is 42.7 Å². The molecule has 3 heteroatoms. The van der Waals surface area contributed by atoms with Crippen LogP contribution >= 0.6 is 15.9 Å². The standard InChI is InChI=1S/C16H17BrFN/c1-12(7-13-5-3-2-4-6-13)19-11-14-8-15(17)10-16(18)9-14/h2-6,8-10,12,19H,7,11H2,1H3. The van der Waals surface area contributed by atoms with Gasteiger partial charge < -0.3 is 5.32 Å². The summed E-state index contributed by atoms with van der Waals surface area (Å²) in [6, 6.07) is 15.7. The third-order valence-electron chi connectivity index (χ3n) is 2.96. The van der Waals surface area contributed by atoms with E-state index in [1.54, 1.807) is 6.07 Å². The fourth-order valence-electron chi connectivity index (χ4n) is 2.04. The Morgan fingerprint density at radius 2 is 1.84 bits per heavy atom. The summed E-state index contributed by atoms with van der Waals surface area (Å²) in [5.74, 6) is -0.207. The molecule has 0 aromatic heterocycles. The van der Waals surface area contributed by atoms with Gasteiger partial charge in [-0.25, -0.2) is 4.39 Å². The largest absolute Gasteiger partial charge is 0.310 e. The van der Waals surface area contributed by atoms with Crippen LogP contribution in [0.15, 0.2) is 53.0 Å². The minimum atomic E-state index is -0.207. The Morgan fingerprint density at radius 3 is 2.53 bits per heavy atom. The van der Waals surface area contributed by atoms with Crippen LogP contribution in [0.1, 0.15) is 18.1 Å². The zero-order valence-corrected chi connectivity index (χ0v) is 12.5. The predicted octanol–water partition coefficient (Wildman–Crippen LogP) is 4.31. The van der Waals surface area contributed by atoms with Gasteiger partial charge in [-0.2, -0.15) is 0 Å². The Bertz CT molecular complexity index is 507. The smallest absolute Gasteiger partial charge is 0.124 e. The van der Waals surface area contributed by atoms with Crippen molar-refractivity contribution in [3.63, 3.8) is 0 Å². The number of benzene rings is 2. The Balaban J connectivity index is 1.88. The van der Waals surface area contributed by atoms with E-state index < -0.39 is 0 Å². The maximum absolute atomic E-state index is 13.2. The molecule has 100 valence electrons. The van der Waals surface area contributed by atoms with E-state index in [0.717, 1.165) is 16.5 Å². The molecule has 0 saturated heterocycles. The Kier molecular flexibility index (Phi) is 5.11. The molecule has 1 atom stereocenters. The fourth-order valence-corrected chi connectivity index (χ4v) is 2.56. The normalized spacial score (nSPS) is 12.4. The molecule has 1 N–H and O–H groups in total. The van der Waals surface area contributed by atoms with Crippen molar-refractivity contribution in [2.45, 2.75) is 25.9 Å². The molecule has 0 bridgehead atoms. The van der Waals surface area contributed by atoms with Gasteiger partial charge in [0.05, 0.1) is 0 Å². The van der Waals surface area contributed by atoms with Crippen LogP contribution in [-0.4, -0.2) is 6.04 Å². The Morgan fingerprint density at radius 1 is 1.11 bits per heavy atom. The molecule has 2 rings (SSSR count). The van der Waals surface area contributed by atoms with Crippen molar-refractivity contribution in [2.75, 3.05) is 0 Å². The van der Waals surface area contributed by atoms with E-state index in [4.69, 9.17) is 0 Å². The van der Waals surface area contributed by atoms with Gasteiger partial charge in [0.25, 0.3) is 0 Å². The molecule has 0 aliphatic heterocycles. The highest BCUT2D eigenvalue weighted by atomic mass is 79.9. The minimum Gasteiger partial charge on any atom is -0.310 e. The summed E-state index contributed by atoms with van der Waals surface area (Å²) in [5, 5.41) is 3.41. The van der Waals surface area contributed by atoms with Crippen molar-refractivity contribution in [2.24, 2.45) is 0 Å². The third kappa shape index (κ3) is 4.77. The average Bonchev–Trinajstić information content (AvgIpc) is 2.36. The minimum absolute atomic E-state index is 0.207. The number of hydrogen-bond donors (Lipinski definition) is 1. The highest BCUT2D eigenvalue weighted by molar-refractivity contribution is 9.10. The van der Waals surface area contributed by atoms with Crippen LogP contribution < -0.4 is 5.32 Å². The van der Waals surface area contributed by atoms with Crippen LogP contribution in [0.3, 0.4) is 0 Å². The maximum atomic E-state index is 13.2. The summed E-state index contributed by atoms with van der Waals surface area (Å²) in [7, 11) is 0. The lowest BCUT2D eigenvalue weighted by molar-refractivity contribution is 0.542. The van der Waals surface area contributed by atoms with Crippen LogP contribution in [0.4, 0.5) is 4.39 Å². The van der Waals surface area contributed by atoms with Crippen molar-refractivity contribution in [3.8, 4) is 0 Å². The van der Waals surface area contributed by atoms with E-state index in [1.165, 1.54) is 11.6 Å². The Labute approximate surface area is 122 Å². The maximum Gasteiger partial charge on any atom is 0.124 e. The topological polar surface area (TPSA) is 12.0 Å². The molecule has 1 unspecified atom stereocenters. The molecule has 0 fully saturated rings. The second-order valence-electron chi connectivity index (χ2n) is 4.75. The first kappa shape index (κ1) is 14.2. The van der Waals surface area contributed by atoms with Crippen LogP contribution in [0.2, 0.25) is 0 Å². The highest BCUT2D eigenvalue weighted by Gasteiger charge is 2.04. The second-order valence-corrected chi connectivity index (χ2v) is 5.67. The average molecular weight is 322 g/mol. The molecule has 1 nitrogen and oxygen atoms in total. The molecule has 0 amide bonds. The highest BCUT2D eigenvalue weighted by Crippen LogP contribution is 2.15. The van der Waals surface area contributed by atoms with Crippen LogP contribution in [0.25, 0.3) is 0 Å². The van der Waals surface area contributed by atoms with Crippen LogP contribution in [0.5, 0.6) is 0 Å². The van der Waals surface area contributed by atoms with Gasteiger partial charge in [-0.15, -0.1) is 0 Å². The van der Waals surface area contributed by atoms with Gasteiger partial charge in [0.2, 0.25) is 0 Å². The van der Waals surface area contributed by atoms with Crippen molar-refractivity contribution in [1.29, 1.82) is 0 Å². The molecule has 0 radical (unpaired) electrons. The molecule has 19 heavy (non-hydrogen) atoms. The lowest BCUT2D eigenvalue weighted by Crippen LogP contribution is -2.27. The predicted molar refractivity (Wildman–Crippen MR) is 80.5 cm³/mol. The van der Waals surface area contributed by atoms with Gasteiger partial charge in [-0.3, -0.25) is 0 Å². The van der Waals surface area contributed by atoms with E-state index in [0.29, 0.717) is 12.6 Å². The first-order chi connectivity index (χ1) is 9.13. The van der Waals surface area contributed by atoms with E-state index in [2.05, 4.69) is 40.3 Å². The zero-order chi connectivity index (χ0) is 13.7. The molecule has 0 heterocycles. The Hall–Kier alpha value is -1.19. The van der Waals surface area contributed by atoms with E-state index in [-0.39, 0.29) is 5.82 Å². The number of hydrogen-bond acceptors (Lipinski definition) is 1.